The summed E-state index contributed by atoms with van der Waals surface area (Å²) in [4.78, 5) is 11.7. The molecule has 0 radical (unpaired) electrons. The van der Waals surface area contributed by atoms with Crippen molar-refractivity contribution in [3.63, 3.8) is 0 Å². The molecule has 1 saturated carbocycles. The number of benzene rings is 1. The molecular weight excluding hydrogens is 236 g/mol. The van der Waals surface area contributed by atoms with E-state index in [1.165, 1.54) is 36.0 Å². The van der Waals surface area contributed by atoms with E-state index in [1.54, 1.807) is 0 Å². The van der Waals surface area contributed by atoms with Crippen LogP contribution in [0, 0.1) is 13.8 Å². The molecule has 1 aromatic rings. The van der Waals surface area contributed by atoms with Crippen molar-refractivity contribution in [2.24, 2.45) is 5.73 Å². The number of amides is 1. The molecule has 1 amide bonds. The number of nitrogens with one attached hydrogen (secondary N) is 1. The summed E-state index contributed by atoms with van der Waals surface area (Å²) < 4.78 is 0. The van der Waals surface area contributed by atoms with Crippen molar-refractivity contribution < 1.29 is 4.79 Å². The van der Waals surface area contributed by atoms with Gasteiger partial charge in [-0.25, -0.2) is 0 Å². The molecule has 3 rings (SSSR count). The minimum atomic E-state index is -0.254. The van der Waals surface area contributed by atoms with Gasteiger partial charge in [-0.1, -0.05) is 25.3 Å². The van der Waals surface area contributed by atoms with E-state index in [2.05, 4.69) is 25.2 Å². The van der Waals surface area contributed by atoms with E-state index >= 15 is 0 Å². The maximum absolute atomic E-state index is 11.7. The molecule has 1 heterocycles. The van der Waals surface area contributed by atoms with Gasteiger partial charge in [-0.2, -0.15) is 0 Å². The number of hydrogen-bond acceptors (Lipinski definition) is 2. The fourth-order valence-electron chi connectivity index (χ4n) is 3.68. The van der Waals surface area contributed by atoms with Crippen molar-refractivity contribution in [1.82, 2.24) is 0 Å². The third-order valence-corrected chi connectivity index (χ3v) is 4.79. The van der Waals surface area contributed by atoms with E-state index in [0.29, 0.717) is 6.42 Å². The highest BCUT2D eigenvalue weighted by molar-refractivity contribution is 6.00. The Bertz CT molecular complexity index is 542. The Balaban J connectivity index is 2.17. The van der Waals surface area contributed by atoms with Crippen molar-refractivity contribution >= 4 is 11.6 Å². The molecule has 3 nitrogen and oxygen atoms in total. The number of carbonyl (C=O) groups excluding carboxylic acids is 1. The fraction of sp³-hybridized carbons (Fsp3) is 0.562. The predicted octanol–water partition coefficient (Wildman–Crippen LogP) is 2.92. The van der Waals surface area contributed by atoms with Crippen molar-refractivity contribution in [3.8, 4) is 0 Å². The summed E-state index contributed by atoms with van der Waals surface area (Å²) in [7, 11) is 0. The summed E-state index contributed by atoms with van der Waals surface area (Å²) in [6.07, 6.45) is 6.20. The molecule has 1 aliphatic heterocycles. The zero-order valence-corrected chi connectivity index (χ0v) is 11.8. The van der Waals surface area contributed by atoms with E-state index in [9.17, 15) is 4.79 Å². The maximum atomic E-state index is 11.7. The molecule has 0 unspecified atom stereocenters. The summed E-state index contributed by atoms with van der Waals surface area (Å²) in [5, 5.41) is 3.04. The Kier molecular flexibility index (Phi) is 2.90. The molecule has 1 aromatic carbocycles. The van der Waals surface area contributed by atoms with Crippen molar-refractivity contribution in [2.75, 3.05) is 5.32 Å². The van der Waals surface area contributed by atoms with Gasteiger partial charge in [-0.3, -0.25) is 4.79 Å². The molecule has 0 spiro atoms. The van der Waals surface area contributed by atoms with E-state index < -0.39 is 0 Å². The molecule has 0 saturated heterocycles. The lowest BCUT2D eigenvalue weighted by Crippen LogP contribution is -2.40. The number of anilines is 1. The summed E-state index contributed by atoms with van der Waals surface area (Å²) in [6, 6.07) is 2.14. The largest absolute Gasteiger partial charge is 0.325 e. The Hall–Kier alpha value is -1.35. The second-order valence-electron chi connectivity index (χ2n) is 6.17. The molecule has 0 bridgehead atoms. The molecule has 1 fully saturated rings. The van der Waals surface area contributed by atoms with Crippen LogP contribution in [0.25, 0.3) is 0 Å². The van der Waals surface area contributed by atoms with Crippen LogP contribution in [0.3, 0.4) is 0 Å². The number of fused-ring (bicyclic) bond motifs is 1. The Morgan fingerprint density at radius 1 is 1.21 bits per heavy atom. The SMILES string of the molecule is Cc1cc2c(c(C3(N)CCCCC3)c1C)NC(=O)C2. The highest BCUT2D eigenvalue weighted by atomic mass is 16.1. The van der Waals surface area contributed by atoms with Gasteiger partial charge in [0.2, 0.25) is 5.91 Å². The summed E-state index contributed by atoms with van der Waals surface area (Å²) in [5.74, 6) is 0.0978. The van der Waals surface area contributed by atoms with Crippen molar-refractivity contribution in [1.29, 1.82) is 0 Å². The number of hydrogen-bond donors (Lipinski definition) is 2. The van der Waals surface area contributed by atoms with Crippen LogP contribution >= 0.6 is 0 Å². The van der Waals surface area contributed by atoms with Crippen LogP contribution in [0.15, 0.2) is 6.07 Å². The first-order valence-corrected chi connectivity index (χ1v) is 7.23. The van der Waals surface area contributed by atoms with Crippen LogP contribution < -0.4 is 11.1 Å². The lowest BCUT2D eigenvalue weighted by atomic mass is 9.74. The summed E-state index contributed by atoms with van der Waals surface area (Å²) in [6.45, 7) is 4.26. The number of aryl methyl sites for hydroxylation is 1. The molecule has 0 aromatic heterocycles. The van der Waals surface area contributed by atoms with Crippen LogP contribution in [0.1, 0.15) is 54.4 Å². The Morgan fingerprint density at radius 2 is 1.89 bits per heavy atom. The number of nitrogens with two attached hydrogens (primary N) is 1. The van der Waals surface area contributed by atoms with Crippen molar-refractivity contribution in [3.05, 3.63) is 28.3 Å². The number of rotatable bonds is 1. The van der Waals surface area contributed by atoms with Gasteiger partial charge in [0.15, 0.2) is 0 Å². The van der Waals surface area contributed by atoms with Crippen LogP contribution in [0.5, 0.6) is 0 Å². The van der Waals surface area contributed by atoms with Gasteiger partial charge >= 0.3 is 0 Å². The third-order valence-electron chi connectivity index (χ3n) is 4.79. The lowest BCUT2D eigenvalue weighted by Gasteiger charge is -2.37. The zero-order chi connectivity index (χ0) is 13.6. The monoisotopic (exact) mass is 258 g/mol. The van der Waals surface area contributed by atoms with Gasteiger partial charge < -0.3 is 11.1 Å². The van der Waals surface area contributed by atoms with Gasteiger partial charge in [0, 0.05) is 11.2 Å². The average Bonchev–Trinajstić information content (AvgIpc) is 2.70. The predicted molar refractivity (Wildman–Crippen MR) is 77.2 cm³/mol. The molecule has 3 heteroatoms. The molecule has 3 N–H and O–H groups in total. The molecular formula is C16H22N2O. The molecule has 102 valence electrons. The topological polar surface area (TPSA) is 55.1 Å². The van der Waals surface area contributed by atoms with Gasteiger partial charge in [0.05, 0.1) is 6.42 Å². The first-order valence-electron chi connectivity index (χ1n) is 7.23. The zero-order valence-electron chi connectivity index (χ0n) is 11.8. The van der Waals surface area contributed by atoms with E-state index in [1.807, 2.05) is 0 Å². The maximum Gasteiger partial charge on any atom is 0.228 e. The van der Waals surface area contributed by atoms with E-state index in [4.69, 9.17) is 5.73 Å². The van der Waals surface area contributed by atoms with Crippen LogP contribution in [0.2, 0.25) is 0 Å². The highest BCUT2D eigenvalue weighted by Gasteiger charge is 2.36. The normalized spacial score (nSPS) is 21.1. The first kappa shape index (κ1) is 12.7. The molecule has 0 atom stereocenters. The van der Waals surface area contributed by atoms with Gasteiger partial charge in [0.1, 0.15) is 0 Å². The minimum Gasteiger partial charge on any atom is -0.325 e. The smallest absolute Gasteiger partial charge is 0.228 e. The second-order valence-corrected chi connectivity index (χ2v) is 6.17. The third kappa shape index (κ3) is 1.96. The van der Waals surface area contributed by atoms with Crippen molar-refractivity contribution in [2.45, 2.75) is 57.9 Å². The van der Waals surface area contributed by atoms with Gasteiger partial charge in [0.25, 0.3) is 0 Å². The first-order chi connectivity index (χ1) is 9.01. The van der Waals surface area contributed by atoms with Crippen LogP contribution in [0.4, 0.5) is 5.69 Å². The van der Waals surface area contributed by atoms with Crippen LogP contribution in [-0.4, -0.2) is 5.91 Å². The van der Waals surface area contributed by atoms with E-state index in [-0.39, 0.29) is 11.4 Å². The van der Waals surface area contributed by atoms with Gasteiger partial charge in [-0.15, -0.1) is 0 Å². The average molecular weight is 258 g/mol. The summed E-state index contributed by atoms with van der Waals surface area (Å²) >= 11 is 0. The summed E-state index contributed by atoms with van der Waals surface area (Å²) in [5.41, 5.74) is 12.3. The number of carbonyl (C=O) groups is 1. The van der Waals surface area contributed by atoms with E-state index in [0.717, 1.165) is 24.1 Å². The molecule has 1 aliphatic carbocycles. The highest BCUT2D eigenvalue weighted by Crippen LogP contribution is 2.43. The fourth-order valence-corrected chi connectivity index (χ4v) is 3.68. The van der Waals surface area contributed by atoms with Gasteiger partial charge in [-0.05, 0) is 48.9 Å². The quantitative estimate of drug-likeness (QED) is 0.813. The second kappa shape index (κ2) is 4.34. The Morgan fingerprint density at radius 3 is 2.58 bits per heavy atom. The van der Waals surface area contributed by atoms with Crippen LogP contribution in [-0.2, 0) is 16.8 Å². The molecule has 2 aliphatic rings. The molecule has 19 heavy (non-hydrogen) atoms. The lowest BCUT2D eigenvalue weighted by molar-refractivity contribution is -0.115. The minimum absolute atomic E-state index is 0.0978. The Labute approximate surface area is 114 Å². The standard InChI is InChI=1S/C16H22N2O/c1-10-8-12-9-13(19)18-15(12)14(11(10)2)16(17)6-4-3-5-7-16/h8H,3-7,9,17H2,1-2H3,(H,18,19).